The third-order valence-electron chi connectivity index (χ3n) is 4.37. The lowest BCUT2D eigenvalue weighted by molar-refractivity contribution is -0.387. The molecule has 186 valence electrons. The molecule has 0 fully saturated rings. The number of amides is 1. The van der Waals surface area contributed by atoms with E-state index in [0.717, 1.165) is 25.3 Å². The predicted octanol–water partition coefficient (Wildman–Crippen LogP) is 6.80. The highest BCUT2D eigenvalue weighted by atomic mass is 79.9. The van der Waals surface area contributed by atoms with Crippen LogP contribution in [0.5, 0.6) is 0 Å². The summed E-state index contributed by atoms with van der Waals surface area (Å²) in [4.78, 5) is 23.3. The molecule has 0 radical (unpaired) electrons. The molecule has 2 rings (SSSR count). The van der Waals surface area contributed by atoms with Crippen molar-refractivity contribution in [3.05, 3.63) is 66.3 Å². The first-order valence-electron chi connectivity index (χ1n) is 8.54. The van der Waals surface area contributed by atoms with Crippen LogP contribution in [0.15, 0.2) is 39.3 Å². The quantitative estimate of drug-likeness (QED) is 0.153. The van der Waals surface area contributed by atoms with E-state index in [1.165, 1.54) is 0 Å². The van der Waals surface area contributed by atoms with Crippen molar-refractivity contribution in [2.45, 2.75) is 18.0 Å². The van der Waals surface area contributed by atoms with Crippen molar-refractivity contribution < 1.29 is 49.6 Å². The Morgan fingerprint density at radius 1 is 1.06 bits per heavy atom. The Morgan fingerprint density at radius 3 is 1.97 bits per heavy atom. The summed E-state index contributed by atoms with van der Waals surface area (Å²) in [5.74, 6) is -2.84. The van der Waals surface area contributed by atoms with E-state index in [1.54, 1.807) is 0 Å². The first-order chi connectivity index (χ1) is 15.5. The van der Waals surface area contributed by atoms with Crippen molar-refractivity contribution in [3.63, 3.8) is 0 Å². The molecule has 0 heterocycles. The van der Waals surface area contributed by atoms with E-state index in [1.807, 2.05) is 0 Å². The van der Waals surface area contributed by atoms with Gasteiger partial charge >= 0.3 is 23.7 Å². The van der Waals surface area contributed by atoms with Crippen molar-refractivity contribution in [1.82, 2.24) is 0 Å². The Labute approximate surface area is 201 Å². The van der Waals surface area contributed by atoms with Crippen molar-refractivity contribution >= 4 is 49.1 Å². The molecular weight excluding hydrogens is 620 g/mol. The van der Waals surface area contributed by atoms with Crippen molar-refractivity contribution in [2.75, 3.05) is 18.7 Å². The van der Waals surface area contributed by atoms with Gasteiger partial charge in [-0.15, -0.1) is 0 Å². The van der Waals surface area contributed by atoms with Gasteiger partial charge in [0.1, 0.15) is 6.73 Å². The Morgan fingerprint density at radius 2 is 1.56 bits per heavy atom. The topological polar surface area (TPSA) is 72.7 Å². The molecule has 0 bridgehead atoms. The number of benzene rings is 2. The molecule has 0 aromatic heterocycles. The standard InChI is InChI=1S/C18H10Br2F8N2O4/c1-34-7-29(15(31)9-3-2-4-12(13(9)21)30(32)33)14-10(19)5-8(6-11(14)20)16(22,17(23,24)25)18(26,27)28/h2-6H,7H2,1H3. The minimum Gasteiger partial charge on any atom is -0.364 e. The van der Waals surface area contributed by atoms with E-state index in [0.29, 0.717) is 4.90 Å². The second-order valence-corrected chi connectivity index (χ2v) is 8.20. The zero-order valence-corrected chi connectivity index (χ0v) is 19.6. The molecule has 1 amide bonds. The van der Waals surface area contributed by atoms with E-state index in [2.05, 4.69) is 31.9 Å². The number of ether oxygens (including phenoxy) is 1. The fourth-order valence-electron chi connectivity index (χ4n) is 2.84. The minimum absolute atomic E-state index is 0.154. The highest BCUT2D eigenvalue weighted by molar-refractivity contribution is 9.11. The molecule has 0 saturated heterocycles. The van der Waals surface area contributed by atoms with Crippen molar-refractivity contribution in [1.29, 1.82) is 0 Å². The average molecular weight is 630 g/mol. The molecule has 0 aliphatic rings. The lowest BCUT2D eigenvalue weighted by atomic mass is 9.94. The minimum atomic E-state index is -6.39. The van der Waals surface area contributed by atoms with Crippen LogP contribution in [0, 0.1) is 15.9 Å². The number of hydrogen-bond acceptors (Lipinski definition) is 4. The highest BCUT2D eigenvalue weighted by Gasteiger charge is 2.73. The summed E-state index contributed by atoms with van der Waals surface area (Å²) >= 11 is 5.42. The van der Waals surface area contributed by atoms with Gasteiger partial charge in [0.15, 0.2) is 0 Å². The Hall–Kier alpha value is -2.33. The number of alkyl halides is 7. The van der Waals surface area contributed by atoms with Crippen LogP contribution in [0.1, 0.15) is 15.9 Å². The van der Waals surface area contributed by atoms with Gasteiger partial charge in [0.2, 0.25) is 5.82 Å². The second kappa shape index (κ2) is 9.73. The third kappa shape index (κ3) is 4.88. The summed E-state index contributed by atoms with van der Waals surface area (Å²) < 4.78 is 111. The average Bonchev–Trinajstić information content (AvgIpc) is 2.69. The maximum atomic E-state index is 14.5. The largest absolute Gasteiger partial charge is 0.435 e. The van der Waals surface area contributed by atoms with E-state index in [-0.39, 0.29) is 12.1 Å². The molecule has 0 saturated carbocycles. The molecular formula is C18H10Br2F8N2O4. The second-order valence-electron chi connectivity index (χ2n) is 6.49. The molecule has 0 N–H and O–H groups in total. The summed E-state index contributed by atoms with van der Waals surface area (Å²) in [6, 6.07) is 2.92. The van der Waals surface area contributed by atoms with Gasteiger partial charge in [-0.1, -0.05) is 6.07 Å². The monoisotopic (exact) mass is 628 g/mol. The van der Waals surface area contributed by atoms with Crippen LogP contribution in [-0.4, -0.2) is 37.0 Å². The molecule has 2 aromatic rings. The fourth-order valence-corrected chi connectivity index (χ4v) is 4.45. The highest BCUT2D eigenvalue weighted by Crippen LogP contribution is 2.54. The van der Waals surface area contributed by atoms with Crippen LogP contribution >= 0.6 is 31.9 Å². The molecule has 0 unspecified atom stereocenters. The summed E-state index contributed by atoms with van der Waals surface area (Å²) in [6.07, 6.45) is -12.8. The van der Waals surface area contributed by atoms with Gasteiger partial charge in [0.05, 0.1) is 16.2 Å². The number of carbonyl (C=O) groups is 1. The third-order valence-corrected chi connectivity index (χ3v) is 5.58. The zero-order chi connectivity index (χ0) is 26.2. The summed E-state index contributed by atoms with van der Waals surface area (Å²) in [6.45, 7) is -0.725. The van der Waals surface area contributed by atoms with Gasteiger partial charge in [-0.05, 0) is 50.1 Å². The van der Waals surface area contributed by atoms with Crippen LogP contribution in [0.3, 0.4) is 0 Å². The van der Waals surface area contributed by atoms with E-state index in [9.17, 15) is 50.0 Å². The lowest BCUT2D eigenvalue weighted by Gasteiger charge is -2.32. The number of rotatable bonds is 6. The van der Waals surface area contributed by atoms with Gasteiger partial charge in [-0.2, -0.15) is 30.7 Å². The maximum absolute atomic E-state index is 14.5. The maximum Gasteiger partial charge on any atom is 0.435 e. The number of methoxy groups -OCH3 is 1. The van der Waals surface area contributed by atoms with Crippen molar-refractivity contribution in [3.8, 4) is 0 Å². The van der Waals surface area contributed by atoms with E-state index in [4.69, 9.17) is 4.74 Å². The van der Waals surface area contributed by atoms with Crippen molar-refractivity contribution in [2.24, 2.45) is 0 Å². The number of nitro groups is 1. The Bertz CT molecular complexity index is 1090. The SMILES string of the molecule is COCN(C(=O)c1cccc([N+](=O)[O-])c1F)c1c(Br)cc(C(F)(C(F)(F)F)C(F)(F)F)cc1Br. The molecule has 0 aliphatic carbocycles. The first kappa shape index (κ1) is 27.9. The van der Waals surface area contributed by atoms with Gasteiger partial charge in [-0.25, -0.2) is 4.39 Å². The van der Waals surface area contributed by atoms with Crippen LogP contribution in [-0.2, 0) is 10.4 Å². The van der Waals surface area contributed by atoms with Gasteiger partial charge < -0.3 is 4.74 Å². The molecule has 0 aliphatic heterocycles. The summed E-state index contributed by atoms with van der Waals surface area (Å²) in [7, 11) is 1.06. The van der Waals surface area contributed by atoms with Crippen LogP contribution in [0.4, 0.5) is 46.5 Å². The lowest BCUT2D eigenvalue weighted by Crippen LogP contribution is -2.50. The number of nitrogens with zero attached hydrogens (tertiary/aromatic N) is 2. The van der Waals surface area contributed by atoms with E-state index >= 15 is 0 Å². The van der Waals surface area contributed by atoms with Gasteiger partial charge in [0, 0.05) is 27.7 Å². The van der Waals surface area contributed by atoms with Gasteiger partial charge in [0.25, 0.3) is 5.91 Å². The Kier molecular flexibility index (Phi) is 7.99. The zero-order valence-electron chi connectivity index (χ0n) is 16.4. The Balaban J connectivity index is 2.71. The first-order valence-corrected chi connectivity index (χ1v) is 10.1. The molecule has 2 aromatic carbocycles. The fraction of sp³-hybridized carbons (Fsp3) is 0.278. The molecule has 0 atom stereocenters. The molecule has 6 nitrogen and oxygen atoms in total. The smallest absolute Gasteiger partial charge is 0.364 e. The number of hydrogen-bond donors (Lipinski definition) is 0. The summed E-state index contributed by atoms with van der Waals surface area (Å²) in [5.41, 5.74) is -9.99. The number of anilines is 1. The van der Waals surface area contributed by atoms with Crippen LogP contribution in [0.25, 0.3) is 0 Å². The van der Waals surface area contributed by atoms with Crippen LogP contribution < -0.4 is 4.90 Å². The number of nitro benzene ring substituents is 1. The number of carbonyl (C=O) groups excluding carboxylic acids is 1. The molecule has 0 spiro atoms. The normalized spacial score (nSPS) is 12.6. The van der Waals surface area contributed by atoms with Gasteiger partial charge in [-0.3, -0.25) is 19.8 Å². The van der Waals surface area contributed by atoms with E-state index < -0.39 is 72.8 Å². The number of halogens is 10. The molecule has 16 heteroatoms. The summed E-state index contributed by atoms with van der Waals surface area (Å²) in [5, 5.41) is 10.9. The van der Waals surface area contributed by atoms with Crippen LogP contribution in [0.2, 0.25) is 0 Å². The molecule has 34 heavy (non-hydrogen) atoms. The predicted molar refractivity (Wildman–Crippen MR) is 108 cm³/mol.